The fraction of sp³-hybridized carbons (Fsp3) is 0.0800. The van der Waals surface area contributed by atoms with Crippen LogP contribution in [0.25, 0.3) is 11.3 Å². The number of pyridine rings is 2. The van der Waals surface area contributed by atoms with E-state index in [2.05, 4.69) is 10.3 Å². The van der Waals surface area contributed by atoms with E-state index in [9.17, 15) is 9.59 Å². The van der Waals surface area contributed by atoms with Gasteiger partial charge in [0.05, 0.1) is 5.69 Å². The summed E-state index contributed by atoms with van der Waals surface area (Å²) in [7, 11) is 0. The number of aryl methyl sites for hydroxylation is 1. The number of hydrogen-bond acceptors (Lipinski definition) is 3. The highest BCUT2D eigenvalue weighted by molar-refractivity contribution is 6.30. The second-order valence-electron chi connectivity index (χ2n) is 7.15. The summed E-state index contributed by atoms with van der Waals surface area (Å²) >= 11 is 6.25. The van der Waals surface area contributed by atoms with E-state index in [1.807, 2.05) is 47.9 Å². The molecule has 31 heavy (non-hydrogen) atoms. The molecule has 0 fully saturated rings. The van der Waals surface area contributed by atoms with E-state index in [4.69, 9.17) is 11.6 Å². The van der Waals surface area contributed by atoms with Gasteiger partial charge in [0.25, 0.3) is 5.91 Å². The SMILES string of the molecule is Cc1cc(=O)c(C(=O)Nc2ccccc2)c(-c2cccc(Cl)c2)n1Cc1ccncc1. The third-order valence-electron chi connectivity index (χ3n) is 4.97. The summed E-state index contributed by atoms with van der Waals surface area (Å²) in [5.41, 5.74) is 3.31. The molecule has 2 aromatic heterocycles. The predicted molar refractivity (Wildman–Crippen MR) is 124 cm³/mol. The second-order valence-corrected chi connectivity index (χ2v) is 7.58. The number of amides is 1. The van der Waals surface area contributed by atoms with Gasteiger partial charge in [-0.25, -0.2) is 0 Å². The fourth-order valence-electron chi connectivity index (χ4n) is 3.51. The summed E-state index contributed by atoms with van der Waals surface area (Å²) in [5, 5.41) is 3.36. The van der Waals surface area contributed by atoms with Crippen LogP contribution in [0.15, 0.2) is 90.0 Å². The first kappa shape index (κ1) is 20.6. The van der Waals surface area contributed by atoms with E-state index in [0.29, 0.717) is 28.5 Å². The molecular weight excluding hydrogens is 410 g/mol. The molecule has 1 N–H and O–H groups in total. The van der Waals surface area contributed by atoms with E-state index < -0.39 is 5.91 Å². The second kappa shape index (κ2) is 8.98. The molecular formula is C25H20ClN3O2. The molecule has 4 rings (SSSR count). The lowest BCUT2D eigenvalue weighted by Crippen LogP contribution is -2.27. The maximum absolute atomic E-state index is 13.3. The van der Waals surface area contributed by atoms with Gasteiger partial charge >= 0.3 is 0 Å². The highest BCUT2D eigenvalue weighted by Crippen LogP contribution is 2.27. The fourth-order valence-corrected chi connectivity index (χ4v) is 3.70. The zero-order valence-corrected chi connectivity index (χ0v) is 17.6. The zero-order chi connectivity index (χ0) is 21.8. The molecule has 4 aromatic rings. The van der Waals surface area contributed by atoms with Gasteiger partial charge in [-0.1, -0.05) is 41.9 Å². The van der Waals surface area contributed by atoms with Crippen LogP contribution in [0.2, 0.25) is 5.02 Å². The number of hydrogen-bond donors (Lipinski definition) is 1. The predicted octanol–water partition coefficient (Wildman–Crippen LogP) is 5.17. The van der Waals surface area contributed by atoms with Crippen molar-refractivity contribution >= 4 is 23.2 Å². The number of rotatable bonds is 5. The molecule has 0 aliphatic heterocycles. The van der Waals surface area contributed by atoms with Gasteiger partial charge in [-0.3, -0.25) is 14.6 Å². The molecule has 0 atom stereocenters. The van der Waals surface area contributed by atoms with Gasteiger partial charge in [0.15, 0.2) is 5.43 Å². The van der Waals surface area contributed by atoms with E-state index in [1.54, 1.807) is 42.7 Å². The molecule has 0 unspecified atom stereocenters. The lowest BCUT2D eigenvalue weighted by Gasteiger charge is -2.20. The van der Waals surface area contributed by atoms with Gasteiger partial charge in [0.2, 0.25) is 0 Å². The van der Waals surface area contributed by atoms with E-state index >= 15 is 0 Å². The Morgan fingerprint density at radius 3 is 2.45 bits per heavy atom. The number of aromatic nitrogens is 2. The van der Waals surface area contributed by atoms with Crippen LogP contribution in [0.3, 0.4) is 0 Å². The zero-order valence-electron chi connectivity index (χ0n) is 16.9. The Balaban J connectivity index is 1.92. The molecule has 5 nitrogen and oxygen atoms in total. The quantitative estimate of drug-likeness (QED) is 0.475. The van der Waals surface area contributed by atoms with Crippen molar-refractivity contribution in [3.63, 3.8) is 0 Å². The van der Waals surface area contributed by atoms with Crippen molar-refractivity contribution in [1.29, 1.82) is 0 Å². The van der Waals surface area contributed by atoms with Crippen LogP contribution < -0.4 is 10.7 Å². The van der Waals surface area contributed by atoms with Crippen LogP contribution in [0, 0.1) is 6.92 Å². The maximum atomic E-state index is 13.3. The minimum Gasteiger partial charge on any atom is -0.340 e. The minimum absolute atomic E-state index is 0.0748. The normalized spacial score (nSPS) is 10.6. The number of nitrogens with zero attached hydrogens (tertiary/aromatic N) is 2. The van der Waals surface area contributed by atoms with Gasteiger partial charge in [-0.15, -0.1) is 0 Å². The van der Waals surface area contributed by atoms with E-state index in [-0.39, 0.29) is 11.0 Å². The summed E-state index contributed by atoms with van der Waals surface area (Å²) in [6, 6.07) is 21.5. The average molecular weight is 430 g/mol. The standard InChI is InChI=1S/C25H20ClN3O2/c1-17-14-22(30)23(25(31)28-21-8-3-2-4-9-21)24(19-6-5-7-20(26)15-19)29(17)16-18-10-12-27-13-11-18/h2-15H,16H2,1H3,(H,28,31). The molecule has 0 aliphatic carbocycles. The van der Waals surface area contributed by atoms with Crippen LogP contribution in [0.5, 0.6) is 0 Å². The van der Waals surface area contributed by atoms with Crippen molar-refractivity contribution in [2.45, 2.75) is 13.5 Å². The van der Waals surface area contributed by atoms with Crippen LogP contribution in [0.1, 0.15) is 21.6 Å². The molecule has 0 saturated carbocycles. The van der Waals surface area contributed by atoms with Crippen molar-refractivity contribution in [3.8, 4) is 11.3 Å². The Morgan fingerprint density at radius 1 is 1.00 bits per heavy atom. The average Bonchev–Trinajstić information content (AvgIpc) is 2.76. The van der Waals surface area contributed by atoms with Crippen LogP contribution in [-0.4, -0.2) is 15.5 Å². The van der Waals surface area contributed by atoms with Gasteiger partial charge < -0.3 is 9.88 Å². The van der Waals surface area contributed by atoms with Crippen LogP contribution in [0.4, 0.5) is 5.69 Å². The number of anilines is 1. The number of para-hydroxylation sites is 1. The Morgan fingerprint density at radius 2 is 1.74 bits per heavy atom. The number of halogens is 1. The molecule has 1 amide bonds. The molecule has 6 heteroatoms. The number of benzene rings is 2. The van der Waals surface area contributed by atoms with Crippen molar-refractivity contribution in [1.82, 2.24) is 9.55 Å². The largest absolute Gasteiger partial charge is 0.340 e. The van der Waals surface area contributed by atoms with Crippen LogP contribution in [-0.2, 0) is 6.54 Å². The molecule has 0 spiro atoms. The smallest absolute Gasteiger partial charge is 0.261 e. The molecule has 2 heterocycles. The summed E-state index contributed by atoms with van der Waals surface area (Å²) in [5.74, 6) is -0.463. The van der Waals surface area contributed by atoms with E-state index in [0.717, 1.165) is 11.3 Å². The lowest BCUT2D eigenvalue weighted by molar-refractivity contribution is 0.102. The van der Waals surface area contributed by atoms with E-state index in [1.165, 1.54) is 6.07 Å². The first-order chi connectivity index (χ1) is 15.0. The molecule has 154 valence electrons. The van der Waals surface area contributed by atoms with Crippen molar-refractivity contribution in [2.75, 3.05) is 5.32 Å². The van der Waals surface area contributed by atoms with Gasteiger partial charge in [-0.05, 0) is 48.9 Å². The van der Waals surface area contributed by atoms with Crippen molar-refractivity contribution < 1.29 is 4.79 Å². The summed E-state index contributed by atoms with van der Waals surface area (Å²) in [4.78, 5) is 30.4. The number of carbonyl (C=O) groups is 1. The first-order valence-corrected chi connectivity index (χ1v) is 10.2. The van der Waals surface area contributed by atoms with Gasteiger partial charge in [0, 0.05) is 47.0 Å². The Hall–Kier alpha value is -3.70. The summed E-state index contributed by atoms with van der Waals surface area (Å²) < 4.78 is 1.96. The highest BCUT2D eigenvalue weighted by atomic mass is 35.5. The Kier molecular flexibility index (Phi) is 5.96. The molecule has 0 aliphatic rings. The first-order valence-electron chi connectivity index (χ1n) is 9.78. The molecule has 0 radical (unpaired) electrons. The monoisotopic (exact) mass is 429 g/mol. The molecule has 0 saturated heterocycles. The third-order valence-corrected chi connectivity index (χ3v) is 5.20. The van der Waals surface area contributed by atoms with Crippen LogP contribution >= 0.6 is 11.6 Å². The minimum atomic E-state index is -0.463. The Labute approximate surface area is 185 Å². The molecule has 0 bridgehead atoms. The van der Waals surface area contributed by atoms with Crippen molar-refractivity contribution in [3.05, 3.63) is 117 Å². The maximum Gasteiger partial charge on any atom is 0.261 e. The summed E-state index contributed by atoms with van der Waals surface area (Å²) in [6.07, 6.45) is 3.44. The lowest BCUT2D eigenvalue weighted by atomic mass is 10.0. The number of carbonyl (C=O) groups excluding carboxylic acids is 1. The molecule has 2 aromatic carbocycles. The Bertz CT molecular complexity index is 1290. The van der Waals surface area contributed by atoms with Gasteiger partial charge in [0.1, 0.15) is 5.56 Å². The third kappa shape index (κ3) is 4.57. The topological polar surface area (TPSA) is 64.0 Å². The van der Waals surface area contributed by atoms with Gasteiger partial charge in [-0.2, -0.15) is 0 Å². The summed E-state index contributed by atoms with van der Waals surface area (Å²) in [6.45, 7) is 2.33. The van der Waals surface area contributed by atoms with Crippen molar-refractivity contribution in [2.24, 2.45) is 0 Å². The number of nitrogens with one attached hydrogen (secondary N) is 1. The highest BCUT2D eigenvalue weighted by Gasteiger charge is 2.22.